The van der Waals surface area contributed by atoms with Crippen molar-refractivity contribution in [1.29, 1.82) is 0 Å². The average molecular weight is 588 g/mol. The van der Waals surface area contributed by atoms with Crippen LogP contribution in [0.1, 0.15) is 55.6 Å². The van der Waals surface area contributed by atoms with Crippen LogP contribution in [0.5, 0.6) is 5.75 Å². The predicted molar refractivity (Wildman–Crippen MR) is 159 cm³/mol. The molecule has 5 rings (SSSR count). The van der Waals surface area contributed by atoms with Crippen molar-refractivity contribution in [3.05, 3.63) is 63.6 Å². The van der Waals surface area contributed by atoms with Crippen LogP contribution in [-0.2, 0) is 11.2 Å². The standard InChI is InChI=1S/C31H40Cl2N4O3/c1-35-14-4-5-26(21-35)40-29-20-25(33)10-11-27(29)23-12-17-36(18-13-23)30(38)28(19-22-6-8-24(32)9-7-22)34-31(39)37-15-2-3-16-37/h6-11,20,23,26,28H,2-5,12-19,21H2,1H3,(H,34,39)/t26-,28?/m0/s1. The molecular formula is C31H40Cl2N4O3. The van der Waals surface area contributed by atoms with Gasteiger partial charge in [-0.15, -0.1) is 0 Å². The van der Waals surface area contributed by atoms with Crippen LogP contribution in [-0.4, -0.2) is 85.1 Å². The van der Waals surface area contributed by atoms with E-state index in [1.54, 1.807) is 4.90 Å². The number of amides is 3. The fraction of sp³-hybridized carbons (Fsp3) is 0.548. The molecule has 1 unspecified atom stereocenters. The summed E-state index contributed by atoms with van der Waals surface area (Å²) in [6.07, 6.45) is 6.44. The molecule has 3 amide bonds. The van der Waals surface area contributed by atoms with E-state index in [1.807, 2.05) is 41.3 Å². The van der Waals surface area contributed by atoms with E-state index >= 15 is 0 Å². The molecule has 2 aromatic carbocycles. The predicted octanol–water partition coefficient (Wildman–Crippen LogP) is 5.59. The molecule has 2 aromatic rings. The maximum atomic E-state index is 13.8. The van der Waals surface area contributed by atoms with Gasteiger partial charge in [0.15, 0.2) is 0 Å². The Morgan fingerprint density at radius 3 is 2.30 bits per heavy atom. The van der Waals surface area contributed by atoms with Crippen LogP contribution in [0.2, 0.25) is 10.0 Å². The van der Waals surface area contributed by atoms with Crippen LogP contribution < -0.4 is 10.1 Å². The Morgan fingerprint density at radius 1 is 0.900 bits per heavy atom. The summed E-state index contributed by atoms with van der Waals surface area (Å²) < 4.78 is 6.50. The molecule has 3 fully saturated rings. The first-order valence-corrected chi connectivity index (χ1v) is 15.3. The monoisotopic (exact) mass is 586 g/mol. The number of carbonyl (C=O) groups is 2. The zero-order chi connectivity index (χ0) is 28.1. The van der Waals surface area contributed by atoms with Crippen molar-refractivity contribution in [2.75, 3.05) is 46.3 Å². The Morgan fingerprint density at radius 2 is 1.60 bits per heavy atom. The fourth-order valence-corrected chi connectivity index (χ4v) is 6.48. The van der Waals surface area contributed by atoms with Crippen molar-refractivity contribution in [3.63, 3.8) is 0 Å². The lowest BCUT2D eigenvalue weighted by atomic mass is 9.88. The highest BCUT2D eigenvalue weighted by Gasteiger charge is 2.32. The maximum absolute atomic E-state index is 13.8. The Balaban J connectivity index is 1.25. The largest absolute Gasteiger partial charge is 0.489 e. The number of urea groups is 1. The molecule has 216 valence electrons. The van der Waals surface area contributed by atoms with Gasteiger partial charge >= 0.3 is 6.03 Å². The topological polar surface area (TPSA) is 65.1 Å². The lowest BCUT2D eigenvalue weighted by Crippen LogP contribution is -2.54. The zero-order valence-corrected chi connectivity index (χ0v) is 24.8. The highest BCUT2D eigenvalue weighted by Crippen LogP contribution is 2.37. The second kappa shape index (κ2) is 13.5. The summed E-state index contributed by atoms with van der Waals surface area (Å²) in [5.41, 5.74) is 2.14. The van der Waals surface area contributed by atoms with Crippen LogP contribution in [0, 0.1) is 0 Å². The minimum atomic E-state index is -0.622. The van der Waals surface area contributed by atoms with Gasteiger partial charge in [0.25, 0.3) is 0 Å². The minimum absolute atomic E-state index is 0.0289. The third-order valence-electron chi connectivity index (χ3n) is 8.44. The maximum Gasteiger partial charge on any atom is 0.318 e. The van der Waals surface area contributed by atoms with Crippen LogP contribution in [0.25, 0.3) is 0 Å². The number of benzene rings is 2. The second-order valence-corrected chi connectivity index (χ2v) is 12.3. The van der Waals surface area contributed by atoms with E-state index in [4.69, 9.17) is 27.9 Å². The number of nitrogens with one attached hydrogen (secondary N) is 1. The smallest absolute Gasteiger partial charge is 0.318 e. The van der Waals surface area contributed by atoms with Crippen LogP contribution in [0.3, 0.4) is 0 Å². The first-order valence-electron chi connectivity index (χ1n) is 14.6. The number of carbonyl (C=O) groups excluding carboxylic acids is 2. The van der Waals surface area contributed by atoms with E-state index in [1.165, 1.54) is 5.56 Å². The van der Waals surface area contributed by atoms with Crippen molar-refractivity contribution in [1.82, 2.24) is 20.0 Å². The van der Waals surface area contributed by atoms with Gasteiger partial charge in [-0.3, -0.25) is 4.79 Å². The lowest BCUT2D eigenvalue weighted by Gasteiger charge is -2.36. The number of hydrogen-bond acceptors (Lipinski definition) is 4. The van der Waals surface area contributed by atoms with Crippen molar-refractivity contribution >= 4 is 35.1 Å². The number of likely N-dealkylation sites (tertiary alicyclic amines) is 3. The van der Waals surface area contributed by atoms with Crippen LogP contribution in [0.4, 0.5) is 4.79 Å². The van der Waals surface area contributed by atoms with E-state index in [2.05, 4.69) is 23.3 Å². The summed E-state index contributed by atoms with van der Waals surface area (Å²) in [7, 11) is 2.13. The van der Waals surface area contributed by atoms with Crippen molar-refractivity contribution in [2.45, 2.75) is 63.0 Å². The molecule has 0 spiro atoms. The van der Waals surface area contributed by atoms with E-state index in [9.17, 15) is 9.59 Å². The number of ether oxygens (including phenoxy) is 1. The number of nitrogens with zero attached hydrogens (tertiary/aromatic N) is 3. The Hall–Kier alpha value is -2.48. The van der Waals surface area contributed by atoms with Gasteiger partial charge < -0.3 is 24.8 Å². The first kappa shape index (κ1) is 29.0. The van der Waals surface area contributed by atoms with Crippen LogP contribution in [0.15, 0.2) is 42.5 Å². The third-order valence-corrected chi connectivity index (χ3v) is 8.93. The van der Waals surface area contributed by atoms with Crippen LogP contribution >= 0.6 is 23.2 Å². The summed E-state index contributed by atoms with van der Waals surface area (Å²) in [4.78, 5) is 32.8. The van der Waals surface area contributed by atoms with Gasteiger partial charge in [-0.2, -0.15) is 0 Å². The molecule has 0 aliphatic carbocycles. The SMILES string of the molecule is CN1CCC[C@H](Oc2cc(Cl)ccc2C2CCN(C(=O)C(Cc3ccc(Cl)cc3)NC(=O)N3CCCC3)CC2)C1. The Bertz CT molecular complexity index is 1160. The van der Waals surface area contributed by atoms with Crippen molar-refractivity contribution in [3.8, 4) is 5.75 Å². The van der Waals surface area contributed by atoms with Crippen molar-refractivity contribution < 1.29 is 14.3 Å². The summed E-state index contributed by atoms with van der Waals surface area (Å²) in [6.45, 7) is 4.76. The van der Waals surface area contributed by atoms with Gasteiger partial charge in [-0.05, 0) is 93.4 Å². The molecule has 0 radical (unpaired) electrons. The molecule has 3 aliphatic rings. The number of likely N-dealkylation sites (N-methyl/N-ethyl adjacent to an activating group) is 1. The number of rotatable bonds is 7. The van der Waals surface area contributed by atoms with Gasteiger partial charge in [0.2, 0.25) is 5.91 Å². The Kier molecular flexibility index (Phi) is 9.76. The average Bonchev–Trinajstić information content (AvgIpc) is 3.49. The molecule has 9 heteroatoms. The normalized spacial score (nSPS) is 21.3. The van der Waals surface area contributed by atoms with Gasteiger partial charge in [0.1, 0.15) is 17.9 Å². The Labute approximate surface area is 247 Å². The minimum Gasteiger partial charge on any atom is -0.489 e. The third kappa shape index (κ3) is 7.42. The highest BCUT2D eigenvalue weighted by molar-refractivity contribution is 6.31. The summed E-state index contributed by atoms with van der Waals surface area (Å²) in [5.74, 6) is 1.13. The first-order chi connectivity index (χ1) is 19.4. The number of piperidine rings is 2. The van der Waals surface area contributed by atoms with E-state index in [0.29, 0.717) is 29.6 Å². The summed E-state index contributed by atoms with van der Waals surface area (Å²) in [5, 5.41) is 4.37. The van der Waals surface area contributed by atoms with E-state index < -0.39 is 6.04 Å². The highest BCUT2D eigenvalue weighted by atomic mass is 35.5. The summed E-state index contributed by atoms with van der Waals surface area (Å²) >= 11 is 12.5. The molecule has 1 N–H and O–H groups in total. The molecule has 7 nitrogen and oxygen atoms in total. The van der Waals surface area contributed by atoms with Gasteiger partial charge in [-0.1, -0.05) is 41.4 Å². The molecule has 40 heavy (non-hydrogen) atoms. The molecule has 3 saturated heterocycles. The van der Waals surface area contributed by atoms with Gasteiger partial charge in [-0.25, -0.2) is 4.79 Å². The number of halogens is 2. The summed E-state index contributed by atoms with van der Waals surface area (Å²) in [6, 6.07) is 12.7. The molecule has 0 saturated carbocycles. The molecule has 0 aromatic heterocycles. The second-order valence-electron chi connectivity index (χ2n) is 11.5. The molecular weight excluding hydrogens is 547 g/mol. The van der Waals surface area contributed by atoms with Gasteiger partial charge in [0, 0.05) is 49.2 Å². The van der Waals surface area contributed by atoms with E-state index in [0.717, 1.165) is 76.0 Å². The molecule has 3 aliphatic heterocycles. The van der Waals surface area contributed by atoms with Crippen molar-refractivity contribution in [2.24, 2.45) is 0 Å². The van der Waals surface area contributed by atoms with Gasteiger partial charge in [0.05, 0.1) is 0 Å². The van der Waals surface area contributed by atoms with E-state index in [-0.39, 0.29) is 24.0 Å². The zero-order valence-electron chi connectivity index (χ0n) is 23.3. The molecule has 2 atom stereocenters. The number of hydrogen-bond donors (Lipinski definition) is 1. The molecule has 3 heterocycles. The lowest BCUT2D eigenvalue weighted by molar-refractivity contribution is -0.134. The fourth-order valence-electron chi connectivity index (χ4n) is 6.19. The quantitative estimate of drug-likeness (QED) is 0.459. The molecule has 0 bridgehead atoms.